The maximum Gasteiger partial charge on any atom is 0.127 e. The van der Waals surface area contributed by atoms with Gasteiger partial charge < -0.3 is 14.0 Å². The molecule has 0 saturated heterocycles. The average Bonchev–Trinajstić information content (AvgIpc) is 3.62. The Hall–Kier alpha value is -3.08. The number of rotatable bonds is 16. The van der Waals surface area contributed by atoms with Crippen molar-refractivity contribution < 1.29 is 9.47 Å². The lowest BCUT2D eigenvalue weighted by molar-refractivity contribution is 0.121. The van der Waals surface area contributed by atoms with Gasteiger partial charge in [0.15, 0.2) is 0 Å². The quantitative estimate of drug-likeness (QED) is 0.106. The summed E-state index contributed by atoms with van der Waals surface area (Å²) in [6, 6.07) is 19.3. The first-order valence-electron chi connectivity index (χ1n) is 23.6. The van der Waals surface area contributed by atoms with Crippen molar-refractivity contribution in [1.29, 1.82) is 0 Å². The Morgan fingerprint density at radius 1 is 0.678 bits per heavy atom. The molecule has 3 aliphatic carbocycles. The molecular weight excluding hydrogens is 735 g/mol. The Kier molecular flexibility index (Phi) is 13.6. The predicted octanol–water partition coefficient (Wildman–Crippen LogP) is 15.3. The minimum Gasteiger partial charge on any atom is -0.493 e. The minimum atomic E-state index is -2.04. The summed E-state index contributed by atoms with van der Waals surface area (Å²) in [6.45, 7) is 37.9. The highest BCUT2D eigenvalue weighted by Crippen LogP contribution is 2.64. The van der Waals surface area contributed by atoms with Gasteiger partial charge in [-0.2, -0.15) is 0 Å². The van der Waals surface area contributed by atoms with E-state index in [1.165, 1.54) is 101 Å². The van der Waals surface area contributed by atoms with Gasteiger partial charge in [-0.3, -0.25) is 0 Å². The van der Waals surface area contributed by atoms with Gasteiger partial charge in [-0.25, -0.2) is 0 Å². The van der Waals surface area contributed by atoms with E-state index in [4.69, 9.17) is 9.47 Å². The van der Waals surface area contributed by atoms with Gasteiger partial charge in [-0.15, -0.1) is 0 Å². The molecule has 0 aliphatic heterocycles. The molecule has 3 aromatic rings. The van der Waals surface area contributed by atoms with Gasteiger partial charge in [-0.1, -0.05) is 133 Å². The van der Waals surface area contributed by atoms with E-state index in [0.29, 0.717) is 23.3 Å². The van der Waals surface area contributed by atoms with Crippen molar-refractivity contribution in [1.82, 2.24) is 4.57 Å². The van der Waals surface area contributed by atoms with E-state index in [-0.39, 0.29) is 11.1 Å². The van der Waals surface area contributed by atoms with Crippen molar-refractivity contribution in [3.05, 3.63) is 111 Å². The fourth-order valence-electron chi connectivity index (χ4n) is 13.2. The Labute approximate surface area is 362 Å². The zero-order chi connectivity index (χ0) is 43.1. The molecule has 322 valence electrons. The number of benzene rings is 3. The summed E-state index contributed by atoms with van der Waals surface area (Å²) in [5.74, 6) is 3.77. The van der Waals surface area contributed by atoms with Crippen LogP contribution in [0.3, 0.4) is 0 Å². The SMILES string of the molecule is CCCCCCOc1c(C)cc(C2(c3cc(C)c(OCCCCCC)c(C)c3)C3=CC4C(C=C3c3ccccc32)CC(C)C4[Si](C)(C)N(C(C)(C)C)C(C)(C)C)cc1C. The zero-order valence-corrected chi connectivity index (χ0v) is 41.1. The van der Waals surface area contributed by atoms with Crippen molar-refractivity contribution in [2.75, 3.05) is 13.2 Å². The lowest BCUT2D eigenvalue weighted by Gasteiger charge is -2.57. The van der Waals surface area contributed by atoms with Crippen LogP contribution in [0.25, 0.3) is 5.57 Å². The van der Waals surface area contributed by atoms with Crippen molar-refractivity contribution in [2.24, 2.45) is 17.8 Å². The predicted molar refractivity (Wildman–Crippen MR) is 257 cm³/mol. The van der Waals surface area contributed by atoms with Gasteiger partial charge in [0.1, 0.15) is 19.7 Å². The van der Waals surface area contributed by atoms with Crippen LogP contribution in [0, 0.1) is 45.4 Å². The molecular formula is C55H81NO2Si. The smallest absolute Gasteiger partial charge is 0.127 e. The maximum absolute atomic E-state index is 6.62. The van der Waals surface area contributed by atoms with Gasteiger partial charge in [0.05, 0.1) is 18.6 Å². The van der Waals surface area contributed by atoms with E-state index in [0.717, 1.165) is 37.6 Å². The fraction of sp³-hybridized carbons (Fsp3) is 0.600. The normalized spacial score (nSPS) is 21.2. The topological polar surface area (TPSA) is 21.7 Å². The highest BCUT2D eigenvalue weighted by Gasteiger charge is 2.58. The molecule has 0 amide bonds. The molecule has 1 fully saturated rings. The van der Waals surface area contributed by atoms with Gasteiger partial charge in [0.2, 0.25) is 0 Å². The number of hydrogen-bond donors (Lipinski definition) is 0. The van der Waals surface area contributed by atoms with Crippen LogP contribution < -0.4 is 9.47 Å². The molecule has 3 aromatic carbocycles. The second kappa shape index (κ2) is 17.7. The molecule has 0 spiro atoms. The number of fused-ring (bicyclic) bond motifs is 4. The number of aryl methyl sites for hydroxylation is 4. The lowest BCUT2D eigenvalue weighted by atomic mass is 9.64. The van der Waals surface area contributed by atoms with Crippen molar-refractivity contribution in [3.8, 4) is 11.5 Å². The van der Waals surface area contributed by atoms with Crippen molar-refractivity contribution in [3.63, 3.8) is 0 Å². The average molecular weight is 816 g/mol. The molecule has 0 bridgehead atoms. The summed E-state index contributed by atoms with van der Waals surface area (Å²) < 4.78 is 16.2. The molecule has 4 atom stereocenters. The van der Waals surface area contributed by atoms with Crippen molar-refractivity contribution >= 4 is 13.8 Å². The van der Waals surface area contributed by atoms with Crippen molar-refractivity contribution in [2.45, 2.75) is 183 Å². The number of allylic oxidation sites excluding steroid dienone is 4. The summed E-state index contributed by atoms with van der Waals surface area (Å²) in [4.78, 5) is 0. The van der Waals surface area contributed by atoms with Crippen LogP contribution in [0.15, 0.2) is 66.3 Å². The third-order valence-corrected chi connectivity index (χ3v) is 19.3. The summed E-state index contributed by atoms with van der Waals surface area (Å²) in [7, 11) is -2.04. The second-order valence-corrected chi connectivity index (χ2v) is 25.9. The second-order valence-electron chi connectivity index (χ2n) is 21.5. The fourth-order valence-corrected chi connectivity index (χ4v) is 19.7. The monoisotopic (exact) mass is 816 g/mol. The summed E-state index contributed by atoms with van der Waals surface area (Å²) in [5.41, 5.74) is 13.7. The molecule has 1 saturated carbocycles. The molecule has 0 aromatic heterocycles. The Morgan fingerprint density at radius 2 is 1.15 bits per heavy atom. The molecule has 6 rings (SSSR count). The van der Waals surface area contributed by atoms with E-state index in [1.54, 1.807) is 0 Å². The zero-order valence-electron chi connectivity index (χ0n) is 40.1. The minimum absolute atomic E-state index is 0.0751. The van der Waals surface area contributed by atoms with E-state index >= 15 is 0 Å². The molecule has 3 nitrogen and oxygen atoms in total. The summed E-state index contributed by atoms with van der Waals surface area (Å²) in [5, 5.41) is 0. The highest BCUT2D eigenvalue weighted by atomic mass is 28.3. The largest absolute Gasteiger partial charge is 0.493 e. The van der Waals surface area contributed by atoms with Crippen LogP contribution in [-0.4, -0.2) is 37.1 Å². The first kappa shape index (κ1) is 45.4. The lowest BCUT2D eigenvalue weighted by Crippen LogP contribution is -2.67. The summed E-state index contributed by atoms with van der Waals surface area (Å²) >= 11 is 0. The van der Waals surface area contributed by atoms with Crippen LogP contribution in [0.4, 0.5) is 0 Å². The van der Waals surface area contributed by atoms with E-state index < -0.39 is 13.7 Å². The summed E-state index contributed by atoms with van der Waals surface area (Å²) in [6.07, 6.45) is 16.5. The molecule has 4 heteroatoms. The van der Waals surface area contributed by atoms with Gasteiger partial charge in [0.25, 0.3) is 0 Å². The van der Waals surface area contributed by atoms with Crippen LogP contribution >= 0.6 is 0 Å². The number of unbranched alkanes of at least 4 members (excludes halogenated alkanes) is 6. The van der Waals surface area contributed by atoms with Crippen LogP contribution in [0.2, 0.25) is 18.6 Å². The highest BCUT2D eigenvalue weighted by molar-refractivity contribution is 6.76. The van der Waals surface area contributed by atoms with Crippen LogP contribution in [0.5, 0.6) is 11.5 Å². The molecule has 4 unspecified atom stereocenters. The third kappa shape index (κ3) is 8.57. The van der Waals surface area contributed by atoms with E-state index in [9.17, 15) is 0 Å². The Bertz CT molecular complexity index is 1890. The molecule has 0 heterocycles. The third-order valence-electron chi connectivity index (χ3n) is 14.2. The number of nitrogens with zero attached hydrogens (tertiary/aromatic N) is 1. The Morgan fingerprint density at radius 3 is 1.61 bits per heavy atom. The molecule has 59 heavy (non-hydrogen) atoms. The first-order valence-corrected chi connectivity index (χ1v) is 26.7. The maximum atomic E-state index is 6.62. The standard InChI is InChI=1S/C55H81NO2Si/c1-16-18-20-24-28-57-50-37(3)31-43(32-38(50)4)55(44-33-39(5)51(40(6)34-44)58-29-25-21-19-17-2)48-27-23-22-26-45(48)47-35-42-30-41(7)52(46(42)36-49(47)55)59(14,15)56(53(8,9)10)54(11,12)13/h22-23,26-27,31-36,41-42,46,52H,16-21,24-25,28-30H2,1-15H3. The molecule has 0 N–H and O–H groups in total. The van der Waals surface area contributed by atoms with Gasteiger partial charge in [-0.05, 0) is 167 Å². The molecule has 0 radical (unpaired) electrons. The first-order chi connectivity index (χ1) is 27.8. The van der Waals surface area contributed by atoms with E-state index in [2.05, 4.69) is 168 Å². The molecule has 3 aliphatic rings. The van der Waals surface area contributed by atoms with Gasteiger partial charge >= 0.3 is 0 Å². The van der Waals surface area contributed by atoms with Crippen LogP contribution in [0.1, 0.15) is 165 Å². The number of ether oxygens (including phenoxy) is 2. The van der Waals surface area contributed by atoms with E-state index in [1.807, 2.05) is 0 Å². The van der Waals surface area contributed by atoms with Crippen LogP contribution in [-0.2, 0) is 5.41 Å². The van der Waals surface area contributed by atoms with Gasteiger partial charge in [0, 0.05) is 11.1 Å². The number of hydrogen-bond acceptors (Lipinski definition) is 3. The Balaban J connectivity index is 1.58.